The van der Waals surface area contributed by atoms with Crippen LogP contribution in [0.1, 0.15) is 33.5 Å². The highest BCUT2D eigenvalue weighted by Crippen LogP contribution is 2.43. The minimum absolute atomic E-state index is 0.0494. The van der Waals surface area contributed by atoms with E-state index in [9.17, 15) is 24.3 Å². The molecule has 3 rings (SSSR count). The summed E-state index contributed by atoms with van der Waals surface area (Å²) in [5.74, 6) is -2.13. The number of nitrogens with zero attached hydrogens (tertiary/aromatic N) is 4. The molecule has 2 fully saturated rings. The third-order valence-electron chi connectivity index (χ3n) is 4.78. The maximum Gasteiger partial charge on any atom is 0.347 e. The van der Waals surface area contributed by atoms with Crippen LogP contribution in [0.2, 0.25) is 0 Å². The fraction of sp³-hybridized carbons (Fsp3) is 0.632. The number of nitrogens with two attached hydrogens (primary N) is 1. The Balaban J connectivity index is 1.69. The molecule has 35 heavy (non-hydrogen) atoms. The van der Waals surface area contributed by atoms with Crippen LogP contribution in [-0.2, 0) is 28.8 Å². The topological polar surface area (TPSA) is 186 Å². The fourth-order valence-corrected chi connectivity index (χ4v) is 6.62. The van der Waals surface area contributed by atoms with Gasteiger partial charge in [-0.25, -0.2) is 4.79 Å². The second-order valence-electron chi connectivity index (χ2n) is 8.61. The normalized spacial score (nSPS) is 24.3. The number of carbonyl (C=O) groups excluding carboxylic acids is 3. The van der Waals surface area contributed by atoms with Gasteiger partial charge >= 0.3 is 11.9 Å². The van der Waals surface area contributed by atoms with Crippen molar-refractivity contribution in [2.45, 2.75) is 49.5 Å². The number of aromatic nitrogens is 2. The third-order valence-corrected chi connectivity index (χ3v) is 8.32. The molecule has 3 heterocycles. The molecule has 192 valence electrons. The van der Waals surface area contributed by atoms with Crippen molar-refractivity contribution in [1.82, 2.24) is 19.6 Å². The molecule has 1 aromatic rings. The molecule has 0 bridgehead atoms. The number of nitrogen functional groups attached to an aromatic ring is 1. The fourth-order valence-electron chi connectivity index (χ4n) is 3.35. The largest absolute Gasteiger partial charge is 0.480 e. The van der Waals surface area contributed by atoms with E-state index in [0.29, 0.717) is 5.75 Å². The molecular weight excluding hydrogens is 520 g/mol. The molecule has 0 aliphatic carbocycles. The van der Waals surface area contributed by atoms with E-state index in [1.807, 2.05) is 6.92 Å². The number of hydrogen-bond donors (Lipinski definition) is 3. The first-order chi connectivity index (χ1) is 16.4. The Kier molecular flexibility index (Phi) is 8.16. The van der Waals surface area contributed by atoms with E-state index in [0.717, 1.165) is 11.5 Å². The number of anilines is 1. The molecule has 1 aromatic heterocycles. The van der Waals surface area contributed by atoms with Gasteiger partial charge in [0.15, 0.2) is 5.13 Å². The minimum Gasteiger partial charge on any atom is -0.480 e. The number of nitrogens with one attached hydrogen (secondary N) is 1. The van der Waals surface area contributed by atoms with Crippen LogP contribution in [0.3, 0.4) is 0 Å². The molecule has 2 saturated heterocycles. The number of rotatable bonds is 9. The van der Waals surface area contributed by atoms with E-state index in [-0.39, 0.29) is 29.0 Å². The molecular formula is C19H26N6O7S3. The number of ether oxygens (including phenoxy) is 1. The predicted molar refractivity (Wildman–Crippen MR) is 131 cm³/mol. The van der Waals surface area contributed by atoms with Crippen molar-refractivity contribution < 1.29 is 33.9 Å². The van der Waals surface area contributed by atoms with Gasteiger partial charge < -0.3 is 30.6 Å². The van der Waals surface area contributed by atoms with Crippen molar-refractivity contribution in [1.29, 1.82) is 0 Å². The lowest BCUT2D eigenvalue weighted by Crippen LogP contribution is -2.74. The summed E-state index contributed by atoms with van der Waals surface area (Å²) in [7, 11) is 0. The molecule has 0 aromatic carbocycles. The maximum absolute atomic E-state index is 13.0. The number of esters is 1. The van der Waals surface area contributed by atoms with Crippen LogP contribution >= 0.6 is 35.1 Å². The Bertz CT molecular complexity index is 1040. The second kappa shape index (κ2) is 10.6. The number of hydrogen-bond acceptors (Lipinski definition) is 13. The minimum atomic E-state index is -1.09. The van der Waals surface area contributed by atoms with E-state index < -0.39 is 52.1 Å². The Hall–Kier alpha value is -2.59. The van der Waals surface area contributed by atoms with Crippen LogP contribution in [-0.4, -0.2) is 95.2 Å². The summed E-state index contributed by atoms with van der Waals surface area (Å²) in [6.45, 7) is 6.43. The van der Waals surface area contributed by atoms with Crippen LogP contribution in [0, 0.1) is 0 Å². The van der Waals surface area contributed by atoms with Gasteiger partial charge in [-0.1, -0.05) is 12.1 Å². The monoisotopic (exact) mass is 546 g/mol. The number of carbonyl (C=O) groups is 4. The maximum atomic E-state index is 13.0. The Morgan fingerprint density at radius 3 is 2.69 bits per heavy atom. The summed E-state index contributed by atoms with van der Waals surface area (Å²) in [5.41, 5.74) is 4.52. The molecule has 2 aliphatic rings. The third kappa shape index (κ3) is 6.16. The van der Waals surface area contributed by atoms with Crippen LogP contribution in [0.15, 0.2) is 5.16 Å². The number of amides is 2. The zero-order valence-corrected chi connectivity index (χ0v) is 21.9. The number of aliphatic carboxylic acids is 1. The Morgan fingerprint density at radius 2 is 2.11 bits per heavy atom. The van der Waals surface area contributed by atoms with Crippen LogP contribution in [0.5, 0.6) is 0 Å². The van der Waals surface area contributed by atoms with Crippen molar-refractivity contribution >= 4 is 69.7 Å². The Morgan fingerprint density at radius 1 is 1.40 bits per heavy atom. The number of fused-ring (bicyclic) bond motifs is 1. The van der Waals surface area contributed by atoms with Crippen LogP contribution < -0.4 is 11.1 Å². The number of thioether (sulfide) groups is 2. The summed E-state index contributed by atoms with van der Waals surface area (Å²) in [5, 5.41) is 15.7. The highest BCUT2D eigenvalue weighted by atomic mass is 32.2. The average molecular weight is 547 g/mol. The van der Waals surface area contributed by atoms with E-state index >= 15 is 0 Å². The van der Waals surface area contributed by atoms with Crippen molar-refractivity contribution in [2.75, 3.05) is 30.4 Å². The quantitative estimate of drug-likeness (QED) is 0.165. The smallest absolute Gasteiger partial charge is 0.347 e. The van der Waals surface area contributed by atoms with Crippen LogP contribution in [0.25, 0.3) is 0 Å². The van der Waals surface area contributed by atoms with Crippen molar-refractivity contribution in [3.63, 3.8) is 0 Å². The van der Waals surface area contributed by atoms with E-state index in [4.69, 9.17) is 15.3 Å². The average Bonchev–Trinajstić information content (AvgIpc) is 3.19. The van der Waals surface area contributed by atoms with Gasteiger partial charge in [-0.05, 0) is 26.5 Å². The molecule has 2 unspecified atom stereocenters. The van der Waals surface area contributed by atoms with Gasteiger partial charge in [0.25, 0.3) is 5.91 Å². The molecule has 0 radical (unpaired) electrons. The lowest BCUT2D eigenvalue weighted by atomic mass is 10.0. The lowest BCUT2D eigenvalue weighted by Gasteiger charge is -2.53. The highest BCUT2D eigenvalue weighted by Gasteiger charge is 2.57. The molecule has 2 amide bonds. The van der Waals surface area contributed by atoms with Gasteiger partial charge in [0, 0.05) is 23.8 Å². The highest BCUT2D eigenvalue weighted by molar-refractivity contribution is 8.05. The predicted octanol–water partition coefficient (Wildman–Crippen LogP) is 0.159. The summed E-state index contributed by atoms with van der Waals surface area (Å²) >= 11 is 3.40. The molecule has 16 heteroatoms. The summed E-state index contributed by atoms with van der Waals surface area (Å²) < 4.78 is 7.99. The molecule has 4 N–H and O–H groups in total. The first kappa shape index (κ1) is 27.0. The zero-order valence-electron chi connectivity index (χ0n) is 19.5. The molecule has 0 spiro atoms. The second-order valence-corrected chi connectivity index (χ2v) is 12.1. The summed E-state index contributed by atoms with van der Waals surface area (Å²) in [4.78, 5) is 59.8. The summed E-state index contributed by atoms with van der Waals surface area (Å²) in [6, 6.07) is -0.891. The SMILES string of the molecule is CCSC1(C(=O)O)CS[C@@H]2C(NC(=O)C(=NOCC(=O)OC(C)(C)C)c3nsc(N)n3)C(=O)N2C1. The van der Waals surface area contributed by atoms with E-state index in [1.54, 1.807) is 20.8 Å². The van der Waals surface area contributed by atoms with Gasteiger partial charge in [0.1, 0.15) is 21.8 Å². The number of carboxylic acid groups (broad SMARTS) is 1. The van der Waals surface area contributed by atoms with Crippen molar-refractivity contribution in [2.24, 2.45) is 5.16 Å². The summed E-state index contributed by atoms with van der Waals surface area (Å²) in [6.07, 6.45) is 0. The van der Waals surface area contributed by atoms with Gasteiger partial charge in [-0.2, -0.15) is 9.36 Å². The van der Waals surface area contributed by atoms with Gasteiger partial charge in [0.2, 0.25) is 24.1 Å². The number of carboxylic acids is 1. The van der Waals surface area contributed by atoms with E-state index in [1.165, 1.54) is 28.4 Å². The first-order valence-electron chi connectivity index (χ1n) is 10.5. The van der Waals surface area contributed by atoms with Crippen LogP contribution in [0.4, 0.5) is 5.13 Å². The number of oxime groups is 1. The standard InChI is InChI=1S/C19H26N6O7S3/c1-5-34-19(16(29)30)7-25-14(28)11(15(25)33-8-19)21-13(27)10(12-22-17(20)35-24-12)23-31-6-9(26)32-18(2,3)4/h11,15H,5-8H2,1-4H3,(H,21,27)(H,29,30)(H2,20,22,24)/t11?,15-,19?/m1/s1. The van der Waals surface area contributed by atoms with Gasteiger partial charge in [-0.15, -0.1) is 23.5 Å². The number of β-lactam (4-membered cyclic amide) rings is 1. The van der Waals surface area contributed by atoms with E-state index in [2.05, 4.69) is 19.8 Å². The zero-order chi connectivity index (χ0) is 26.0. The van der Waals surface area contributed by atoms with Crippen molar-refractivity contribution in [3.8, 4) is 0 Å². The first-order valence-corrected chi connectivity index (χ1v) is 13.3. The molecule has 3 atom stereocenters. The van der Waals surface area contributed by atoms with Gasteiger partial charge in [0.05, 0.1) is 0 Å². The molecule has 13 nitrogen and oxygen atoms in total. The van der Waals surface area contributed by atoms with Gasteiger partial charge in [-0.3, -0.25) is 14.4 Å². The Labute approximate surface area is 213 Å². The van der Waals surface area contributed by atoms with Crippen molar-refractivity contribution in [3.05, 3.63) is 5.82 Å². The lowest BCUT2D eigenvalue weighted by molar-refractivity contribution is -0.160. The molecule has 2 aliphatic heterocycles. The molecule has 0 saturated carbocycles.